The maximum atomic E-state index is 6.65. The van der Waals surface area contributed by atoms with E-state index in [4.69, 9.17) is 13.3 Å². The van der Waals surface area contributed by atoms with Gasteiger partial charge in [-0.05, 0) is 65.0 Å². The van der Waals surface area contributed by atoms with Crippen LogP contribution in [0.3, 0.4) is 0 Å². The summed E-state index contributed by atoms with van der Waals surface area (Å²) in [4.78, 5) is 0. The van der Waals surface area contributed by atoms with Crippen molar-refractivity contribution in [3.63, 3.8) is 0 Å². The molecule has 0 saturated carbocycles. The molecule has 0 heterocycles. The van der Waals surface area contributed by atoms with E-state index in [0.29, 0.717) is 0 Å². The molecule has 0 aliphatic carbocycles. The van der Waals surface area contributed by atoms with E-state index in [1.807, 2.05) is 5.70 Å². The molecule has 0 fully saturated rings. The molecular weight excluding hydrogens is 316 g/mol. The van der Waals surface area contributed by atoms with Crippen molar-refractivity contribution in [1.82, 2.24) is 0 Å². The molecule has 0 amide bonds. The van der Waals surface area contributed by atoms with Crippen LogP contribution in [-0.2, 0) is 13.3 Å². The lowest BCUT2D eigenvalue weighted by Gasteiger charge is -2.45. The normalized spacial score (nSPS) is 14.0. The van der Waals surface area contributed by atoms with Crippen molar-refractivity contribution < 1.29 is 13.3 Å². The van der Waals surface area contributed by atoms with E-state index < -0.39 is 8.80 Å². The third-order valence-electron chi connectivity index (χ3n) is 5.90. The van der Waals surface area contributed by atoms with Crippen LogP contribution in [-0.4, -0.2) is 25.6 Å². The van der Waals surface area contributed by atoms with E-state index in [2.05, 4.69) is 68.9 Å². The van der Waals surface area contributed by atoms with Gasteiger partial charge >= 0.3 is 8.80 Å². The average Bonchev–Trinajstić information content (AvgIpc) is 2.61. The molecule has 0 aromatic carbocycles. The van der Waals surface area contributed by atoms with Gasteiger partial charge in [-0.25, -0.2) is 0 Å². The highest BCUT2D eigenvalue weighted by Crippen LogP contribution is 2.36. The molecular formula is C20H42O3Si. The zero-order valence-electron chi connectivity index (χ0n) is 17.8. The van der Waals surface area contributed by atoms with Crippen LogP contribution in [0.15, 0.2) is 12.3 Å². The van der Waals surface area contributed by atoms with Crippen molar-refractivity contribution in [2.45, 2.75) is 118 Å². The third kappa shape index (κ3) is 6.29. The van der Waals surface area contributed by atoms with Gasteiger partial charge in [0.05, 0.1) is 16.8 Å². The van der Waals surface area contributed by atoms with E-state index in [0.717, 1.165) is 38.5 Å². The van der Waals surface area contributed by atoms with Crippen molar-refractivity contribution in [1.29, 1.82) is 0 Å². The lowest BCUT2D eigenvalue weighted by Crippen LogP contribution is -2.58. The molecule has 0 aliphatic rings. The van der Waals surface area contributed by atoms with Gasteiger partial charge in [0.25, 0.3) is 0 Å². The Balaban J connectivity index is 5.88. The van der Waals surface area contributed by atoms with E-state index in [9.17, 15) is 0 Å². The Kier molecular flexibility index (Phi) is 9.45. The first-order valence-electron chi connectivity index (χ1n) is 9.79. The molecule has 0 N–H and O–H groups in total. The molecule has 0 saturated heterocycles. The Hall–Kier alpha value is -0.163. The zero-order chi connectivity index (χ0) is 19.1. The van der Waals surface area contributed by atoms with Crippen molar-refractivity contribution >= 4 is 8.80 Å². The lowest BCUT2D eigenvalue weighted by atomic mass is 10.0. The van der Waals surface area contributed by atoms with Gasteiger partial charge in [-0.1, -0.05) is 48.1 Å². The molecule has 0 rings (SSSR count). The van der Waals surface area contributed by atoms with Gasteiger partial charge in [0.2, 0.25) is 0 Å². The summed E-state index contributed by atoms with van der Waals surface area (Å²) in [5, 5.41) is 0. The number of hydrogen-bond acceptors (Lipinski definition) is 3. The van der Waals surface area contributed by atoms with Crippen LogP contribution in [0.1, 0.15) is 101 Å². The minimum atomic E-state index is -3.04. The maximum Gasteiger partial charge on any atom is 0.530 e. The Morgan fingerprint density at radius 1 is 0.625 bits per heavy atom. The molecule has 0 atom stereocenters. The van der Waals surface area contributed by atoms with Crippen LogP contribution in [0.4, 0.5) is 0 Å². The first-order chi connectivity index (χ1) is 11.0. The van der Waals surface area contributed by atoms with Gasteiger partial charge in [-0.2, -0.15) is 0 Å². The van der Waals surface area contributed by atoms with E-state index in [-0.39, 0.29) is 16.8 Å². The van der Waals surface area contributed by atoms with Crippen molar-refractivity contribution in [2.24, 2.45) is 0 Å². The van der Waals surface area contributed by atoms with Crippen LogP contribution in [0.2, 0.25) is 0 Å². The highest BCUT2D eigenvalue weighted by Gasteiger charge is 2.51. The highest BCUT2D eigenvalue weighted by molar-refractivity contribution is 6.66. The summed E-state index contributed by atoms with van der Waals surface area (Å²) in [7, 11) is -3.04. The van der Waals surface area contributed by atoms with E-state index >= 15 is 0 Å². The molecule has 144 valence electrons. The minimum Gasteiger partial charge on any atom is -0.365 e. The van der Waals surface area contributed by atoms with E-state index in [1.54, 1.807) is 0 Å². The Morgan fingerprint density at radius 3 is 0.958 bits per heavy atom. The fourth-order valence-corrected chi connectivity index (χ4v) is 5.70. The second kappa shape index (κ2) is 9.51. The zero-order valence-corrected chi connectivity index (χ0v) is 18.8. The van der Waals surface area contributed by atoms with Crippen molar-refractivity contribution in [3.05, 3.63) is 12.3 Å². The molecule has 0 bridgehead atoms. The molecule has 0 spiro atoms. The third-order valence-corrected chi connectivity index (χ3v) is 8.74. The van der Waals surface area contributed by atoms with Gasteiger partial charge in [0, 0.05) is 0 Å². The Morgan fingerprint density at radius 2 is 0.833 bits per heavy atom. The maximum absolute atomic E-state index is 6.65. The number of rotatable bonds is 13. The van der Waals surface area contributed by atoms with Crippen LogP contribution >= 0.6 is 0 Å². The predicted molar refractivity (Wildman–Crippen MR) is 106 cm³/mol. The topological polar surface area (TPSA) is 27.7 Å². The summed E-state index contributed by atoms with van der Waals surface area (Å²) >= 11 is 0. The van der Waals surface area contributed by atoms with Gasteiger partial charge in [0.15, 0.2) is 0 Å². The summed E-state index contributed by atoms with van der Waals surface area (Å²) in [5.74, 6) is 0. The fraction of sp³-hybridized carbons (Fsp3) is 0.900. The second-order valence-electron chi connectivity index (χ2n) is 7.58. The number of hydrogen-bond donors (Lipinski definition) is 0. The van der Waals surface area contributed by atoms with Crippen molar-refractivity contribution in [2.75, 3.05) is 0 Å². The van der Waals surface area contributed by atoms with Crippen LogP contribution in [0.5, 0.6) is 0 Å². The monoisotopic (exact) mass is 358 g/mol. The Bertz CT molecular complexity index is 319. The second-order valence-corrected chi connectivity index (χ2v) is 9.81. The standard InChI is InChI=1S/C20H42O3Si/c1-11-18(8,12-2)21-24(17-7,22-19(9,13-3)14-4)23-20(10,15-5)16-6/h17H,7,11-16H2,1-6,8-10H3. The lowest BCUT2D eigenvalue weighted by molar-refractivity contribution is -0.0984. The smallest absolute Gasteiger partial charge is 0.365 e. The minimum absolute atomic E-state index is 0.259. The highest BCUT2D eigenvalue weighted by atomic mass is 28.4. The summed E-state index contributed by atoms with van der Waals surface area (Å²) in [6, 6.07) is 0. The molecule has 0 aromatic heterocycles. The van der Waals surface area contributed by atoms with Gasteiger partial charge < -0.3 is 13.3 Å². The molecule has 0 radical (unpaired) electrons. The summed E-state index contributed by atoms with van der Waals surface area (Å²) in [5.41, 5.74) is 1.06. The van der Waals surface area contributed by atoms with Crippen LogP contribution in [0, 0.1) is 0 Å². The van der Waals surface area contributed by atoms with Gasteiger partial charge in [-0.15, -0.1) is 0 Å². The average molecular weight is 359 g/mol. The SMILES string of the molecule is C=C[Si](OC(C)(CC)CC)(OC(C)(CC)CC)OC(C)(CC)CC. The first kappa shape index (κ1) is 23.8. The molecule has 4 heteroatoms. The molecule has 3 nitrogen and oxygen atoms in total. The summed E-state index contributed by atoms with van der Waals surface area (Å²) in [6.07, 6.45) is 5.52. The molecule has 0 aliphatic heterocycles. The van der Waals surface area contributed by atoms with E-state index in [1.165, 1.54) is 0 Å². The quantitative estimate of drug-likeness (QED) is 0.355. The Labute approximate surface area is 152 Å². The largest absolute Gasteiger partial charge is 0.530 e. The molecule has 0 unspecified atom stereocenters. The molecule has 24 heavy (non-hydrogen) atoms. The molecule has 0 aromatic rings. The van der Waals surface area contributed by atoms with Crippen LogP contribution in [0.25, 0.3) is 0 Å². The van der Waals surface area contributed by atoms with Crippen LogP contribution < -0.4 is 0 Å². The predicted octanol–water partition coefficient (Wildman–Crippen LogP) is 6.44. The van der Waals surface area contributed by atoms with Crippen molar-refractivity contribution in [3.8, 4) is 0 Å². The first-order valence-corrected chi connectivity index (χ1v) is 11.6. The summed E-state index contributed by atoms with van der Waals surface area (Å²) in [6.45, 7) is 23.5. The van der Waals surface area contributed by atoms with Gasteiger partial charge in [0.1, 0.15) is 0 Å². The van der Waals surface area contributed by atoms with Gasteiger partial charge in [-0.3, -0.25) is 0 Å². The fourth-order valence-electron chi connectivity index (χ4n) is 2.40. The summed E-state index contributed by atoms with van der Waals surface area (Å²) < 4.78 is 19.9.